The van der Waals surface area contributed by atoms with Crippen LogP contribution in [0.1, 0.15) is 50.2 Å². The van der Waals surface area contributed by atoms with E-state index in [1.165, 1.54) is 0 Å². The molecule has 22 heavy (non-hydrogen) atoms. The fraction of sp³-hybridized carbons (Fsp3) is 0.688. The predicted molar refractivity (Wildman–Crippen MR) is 80.4 cm³/mol. The van der Waals surface area contributed by atoms with Gasteiger partial charge in [0.2, 0.25) is 11.8 Å². The molecule has 0 saturated carbocycles. The first kappa shape index (κ1) is 15.2. The number of allylic oxidation sites excluding steroid dienone is 2. The summed E-state index contributed by atoms with van der Waals surface area (Å²) >= 11 is 0. The van der Waals surface area contributed by atoms with Gasteiger partial charge in [-0.25, -0.2) is 0 Å². The Kier molecular flexibility index (Phi) is 4.57. The average Bonchev–Trinajstić information content (AvgIpc) is 3.05. The molecule has 1 aromatic heterocycles. The lowest BCUT2D eigenvalue weighted by molar-refractivity contribution is -0.140. The van der Waals surface area contributed by atoms with Gasteiger partial charge in [-0.3, -0.25) is 4.79 Å². The standard InChI is InChI=1S/C16H23N3O3/c1-11(2)14-17-15(22-18-14)12-5-3-4-6-13(12)16(20)19-7-9-21-10-8-19/h3-4,11-13H,5-10H2,1-2H3/t12-,13-/m0/s1. The van der Waals surface area contributed by atoms with Crippen LogP contribution in [-0.4, -0.2) is 47.3 Å². The number of carbonyl (C=O) groups is 1. The number of hydrogen-bond acceptors (Lipinski definition) is 5. The summed E-state index contributed by atoms with van der Waals surface area (Å²) in [5.74, 6) is 1.60. The van der Waals surface area contributed by atoms with Crippen LogP contribution < -0.4 is 0 Å². The number of rotatable bonds is 3. The van der Waals surface area contributed by atoms with Crippen molar-refractivity contribution >= 4 is 5.91 Å². The van der Waals surface area contributed by atoms with Gasteiger partial charge in [0.05, 0.1) is 25.0 Å². The third-order valence-electron chi connectivity index (χ3n) is 4.36. The molecule has 1 fully saturated rings. The van der Waals surface area contributed by atoms with E-state index in [4.69, 9.17) is 9.26 Å². The number of nitrogens with zero attached hydrogens (tertiary/aromatic N) is 3. The Balaban J connectivity index is 1.78. The molecule has 0 radical (unpaired) electrons. The molecule has 1 aliphatic heterocycles. The van der Waals surface area contributed by atoms with Gasteiger partial charge in [-0.15, -0.1) is 0 Å². The molecule has 2 aliphatic rings. The van der Waals surface area contributed by atoms with E-state index in [1.54, 1.807) is 0 Å². The van der Waals surface area contributed by atoms with Crippen LogP contribution in [0, 0.1) is 5.92 Å². The summed E-state index contributed by atoms with van der Waals surface area (Å²) in [5, 5.41) is 4.04. The van der Waals surface area contributed by atoms with Crippen molar-refractivity contribution in [3.63, 3.8) is 0 Å². The maximum atomic E-state index is 12.8. The van der Waals surface area contributed by atoms with Crippen LogP contribution in [0.5, 0.6) is 0 Å². The minimum Gasteiger partial charge on any atom is -0.378 e. The molecule has 120 valence electrons. The van der Waals surface area contributed by atoms with E-state index in [-0.39, 0.29) is 23.7 Å². The minimum absolute atomic E-state index is 0.0136. The molecular formula is C16H23N3O3. The monoisotopic (exact) mass is 305 g/mol. The highest BCUT2D eigenvalue weighted by Crippen LogP contribution is 2.35. The number of morpholine rings is 1. The lowest BCUT2D eigenvalue weighted by Crippen LogP contribution is -2.45. The first-order valence-corrected chi connectivity index (χ1v) is 8.02. The molecule has 1 aliphatic carbocycles. The molecule has 0 spiro atoms. The van der Waals surface area contributed by atoms with E-state index >= 15 is 0 Å². The Morgan fingerprint density at radius 1 is 1.27 bits per heavy atom. The summed E-state index contributed by atoms with van der Waals surface area (Å²) in [6.45, 7) is 6.66. The third kappa shape index (κ3) is 3.06. The SMILES string of the molecule is CC(C)c1noc([C@H]2CC=CC[C@@H]2C(=O)N2CCOCC2)n1. The molecule has 1 amide bonds. The molecular weight excluding hydrogens is 282 g/mol. The molecule has 2 heterocycles. The maximum Gasteiger partial charge on any atom is 0.230 e. The summed E-state index contributed by atoms with van der Waals surface area (Å²) in [5.41, 5.74) is 0. The van der Waals surface area contributed by atoms with Crippen LogP contribution in [0.3, 0.4) is 0 Å². The van der Waals surface area contributed by atoms with Gasteiger partial charge in [-0.1, -0.05) is 31.2 Å². The molecule has 2 atom stereocenters. The van der Waals surface area contributed by atoms with E-state index < -0.39 is 0 Å². The zero-order chi connectivity index (χ0) is 15.5. The van der Waals surface area contributed by atoms with E-state index in [2.05, 4.69) is 22.3 Å². The summed E-state index contributed by atoms with van der Waals surface area (Å²) in [4.78, 5) is 19.2. The Morgan fingerprint density at radius 2 is 2.00 bits per heavy atom. The first-order valence-electron chi connectivity index (χ1n) is 8.02. The van der Waals surface area contributed by atoms with Crippen LogP contribution in [0.4, 0.5) is 0 Å². The van der Waals surface area contributed by atoms with Crippen molar-refractivity contribution in [1.82, 2.24) is 15.0 Å². The van der Waals surface area contributed by atoms with Crippen molar-refractivity contribution in [2.75, 3.05) is 26.3 Å². The highest BCUT2D eigenvalue weighted by atomic mass is 16.5. The maximum absolute atomic E-state index is 12.8. The summed E-state index contributed by atoms with van der Waals surface area (Å²) < 4.78 is 10.8. The van der Waals surface area contributed by atoms with Gasteiger partial charge in [-0.05, 0) is 12.8 Å². The zero-order valence-corrected chi connectivity index (χ0v) is 13.2. The molecule has 6 heteroatoms. The summed E-state index contributed by atoms with van der Waals surface area (Å²) in [6, 6.07) is 0. The quantitative estimate of drug-likeness (QED) is 0.800. The van der Waals surface area contributed by atoms with Crippen molar-refractivity contribution in [3.8, 4) is 0 Å². The Bertz CT molecular complexity index is 547. The van der Waals surface area contributed by atoms with E-state index in [9.17, 15) is 4.79 Å². The largest absolute Gasteiger partial charge is 0.378 e. The Hall–Kier alpha value is -1.69. The molecule has 0 bridgehead atoms. The first-order chi connectivity index (χ1) is 10.7. The smallest absolute Gasteiger partial charge is 0.230 e. The van der Waals surface area contributed by atoms with Crippen LogP contribution in [0.2, 0.25) is 0 Å². The van der Waals surface area contributed by atoms with Gasteiger partial charge in [-0.2, -0.15) is 4.98 Å². The number of ether oxygens (including phenoxy) is 1. The van der Waals surface area contributed by atoms with E-state index in [0.717, 1.165) is 12.8 Å². The predicted octanol–water partition coefficient (Wildman–Crippen LogP) is 2.10. The second-order valence-corrected chi connectivity index (χ2v) is 6.24. The molecule has 0 unspecified atom stereocenters. The highest BCUT2D eigenvalue weighted by molar-refractivity contribution is 5.80. The summed E-state index contributed by atoms with van der Waals surface area (Å²) in [6.07, 6.45) is 5.70. The lowest BCUT2D eigenvalue weighted by atomic mass is 9.81. The number of carbonyl (C=O) groups excluding carboxylic acids is 1. The van der Waals surface area contributed by atoms with Crippen LogP contribution >= 0.6 is 0 Å². The van der Waals surface area contributed by atoms with E-state index in [1.807, 2.05) is 18.7 Å². The van der Waals surface area contributed by atoms with Gasteiger partial charge in [0.25, 0.3) is 0 Å². The summed E-state index contributed by atoms with van der Waals surface area (Å²) in [7, 11) is 0. The number of aromatic nitrogens is 2. The fourth-order valence-corrected chi connectivity index (χ4v) is 3.01. The van der Waals surface area contributed by atoms with Gasteiger partial charge < -0.3 is 14.2 Å². The molecule has 0 aromatic carbocycles. The zero-order valence-electron chi connectivity index (χ0n) is 13.2. The van der Waals surface area contributed by atoms with Crippen molar-refractivity contribution in [2.24, 2.45) is 5.92 Å². The normalized spacial score (nSPS) is 25.7. The molecule has 3 rings (SSSR count). The third-order valence-corrected chi connectivity index (χ3v) is 4.36. The van der Waals surface area contributed by atoms with Crippen LogP contribution in [0.25, 0.3) is 0 Å². The van der Waals surface area contributed by atoms with Gasteiger partial charge >= 0.3 is 0 Å². The fourth-order valence-electron chi connectivity index (χ4n) is 3.01. The molecule has 1 aromatic rings. The lowest BCUT2D eigenvalue weighted by Gasteiger charge is -2.33. The number of hydrogen-bond donors (Lipinski definition) is 0. The van der Waals surface area contributed by atoms with Crippen molar-refractivity contribution < 1.29 is 14.1 Å². The van der Waals surface area contributed by atoms with Crippen molar-refractivity contribution in [3.05, 3.63) is 23.9 Å². The van der Waals surface area contributed by atoms with Crippen LogP contribution in [0.15, 0.2) is 16.7 Å². The second kappa shape index (κ2) is 6.60. The van der Waals surface area contributed by atoms with Crippen LogP contribution in [-0.2, 0) is 9.53 Å². The molecule has 0 N–H and O–H groups in total. The van der Waals surface area contributed by atoms with Gasteiger partial charge in [0.1, 0.15) is 0 Å². The average molecular weight is 305 g/mol. The Labute approximate surface area is 130 Å². The Morgan fingerprint density at radius 3 is 2.68 bits per heavy atom. The van der Waals surface area contributed by atoms with Gasteiger partial charge in [0.15, 0.2) is 5.82 Å². The number of amides is 1. The van der Waals surface area contributed by atoms with Gasteiger partial charge in [0, 0.05) is 19.0 Å². The molecule has 1 saturated heterocycles. The van der Waals surface area contributed by atoms with E-state index in [0.29, 0.717) is 38.0 Å². The minimum atomic E-state index is -0.108. The molecule has 6 nitrogen and oxygen atoms in total. The topological polar surface area (TPSA) is 68.5 Å². The highest BCUT2D eigenvalue weighted by Gasteiger charge is 2.36. The van der Waals surface area contributed by atoms with Crippen molar-refractivity contribution in [2.45, 2.75) is 38.5 Å². The second-order valence-electron chi connectivity index (χ2n) is 6.24. The van der Waals surface area contributed by atoms with Crippen molar-refractivity contribution in [1.29, 1.82) is 0 Å².